The zero-order valence-corrected chi connectivity index (χ0v) is 8.77. The van der Waals surface area contributed by atoms with Crippen molar-refractivity contribution in [2.75, 3.05) is 6.54 Å². The third kappa shape index (κ3) is 3.56. The van der Waals surface area contributed by atoms with Crippen LogP contribution in [0.3, 0.4) is 0 Å². The lowest BCUT2D eigenvalue weighted by atomic mass is 10.1. The Hall–Kier alpha value is -1.52. The summed E-state index contributed by atoms with van der Waals surface area (Å²) in [7, 11) is 0. The van der Waals surface area contributed by atoms with Crippen LogP contribution < -0.4 is 5.32 Å². The first-order valence-electron chi connectivity index (χ1n) is 4.81. The highest BCUT2D eigenvalue weighted by Gasteiger charge is 2.13. The standard InChI is InChI=1S/C11H12F3NO/c1-7-6-9(12)3-2-8(7)4-5-15-11(16)10(13)14/h2-3,6,10H,4-5H2,1H3,(H,15,16). The van der Waals surface area contributed by atoms with Gasteiger partial charge in [0, 0.05) is 6.54 Å². The molecule has 1 aromatic rings. The van der Waals surface area contributed by atoms with Crippen LogP contribution in [-0.2, 0) is 11.2 Å². The Bertz CT molecular complexity index is 379. The van der Waals surface area contributed by atoms with Crippen LogP contribution in [0.1, 0.15) is 11.1 Å². The first-order chi connectivity index (χ1) is 7.50. The van der Waals surface area contributed by atoms with Crippen molar-refractivity contribution in [2.45, 2.75) is 19.8 Å². The van der Waals surface area contributed by atoms with Crippen LogP contribution in [0, 0.1) is 12.7 Å². The molecule has 0 spiro atoms. The molecule has 0 aliphatic heterocycles. The molecule has 88 valence electrons. The van der Waals surface area contributed by atoms with E-state index in [4.69, 9.17) is 0 Å². The quantitative estimate of drug-likeness (QED) is 0.844. The van der Waals surface area contributed by atoms with Crippen LogP contribution in [0.4, 0.5) is 13.2 Å². The van der Waals surface area contributed by atoms with Crippen molar-refractivity contribution in [1.82, 2.24) is 5.32 Å². The molecule has 1 aromatic carbocycles. The van der Waals surface area contributed by atoms with Crippen molar-refractivity contribution in [1.29, 1.82) is 0 Å². The smallest absolute Gasteiger partial charge is 0.315 e. The normalized spacial score (nSPS) is 10.6. The van der Waals surface area contributed by atoms with Crippen LogP contribution in [0.5, 0.6) is 0 Å². The highest BCUT2D eigenvalue weighted by atomic mass is 19.3. The Balaban J connectivity index is 2.46. The van der Waals surface area contributed by atoms with E-state index in [-0.39, 0.29) is 12.4 Å². The van der Waals surface area contributed by atoms with Crippen LogP contribution in [0.2, 0.25) is 0 Å². The van der Waals surface area contributed by atoms with Gasteiger partial charge in [-0.1, -0.05) is 6.07 Å². The lowest BCUT2D eigenvalue weighted by Crippen LogP contribution is -2.31. The summed E-state index contributed by atoms with van der Waals surface area (Å²) in [5.41, 5.74) is 1.57. The highest BCUT2D eigenvalue weighted by molar-refractivity contribution is 5.79. The molecule has 0 saturated heterocycles. The van der Waals surface area contributed by atoms with Crippen molar-refractivity contribution in [2.24, 2.45) is 0 Å². The number of aryl methyl sites for hydroxylation is 1. The molecule has 0 fully saturated rings. The van der Waals surface area contributed by atoms with Gasteiger partial charge in [-0.25, -0.2) is 4.39 Å². The molecular weight excluding hydrogens is 219 g/mol. The number of rotatable bonds is 4. The Kier molecular flexibility index (Phi) is 4.34. The molecule has 0 aliphatic carbocycles. The maximum Gasteiger partial charge on any atom is 0.315 e. The number of carbonyl (C=O) groups is 1. The topological polar surface area (TPSA) is 29.1 Å². The monoisotopic (exact) mass is 231 g/mol. The predicted octanol–water partition coefficient (Wildman–Crippen LogP) is 2.06. The van der Waals surface area contributed by atoms with E-state index in [1.54, 1.807) is 13.0 Å². The first-order valence-corrected chi connectivity index (χ1v) is 4.81. The summed E-state index contributed by atoms with van der Waals surface area (Å²) in [4.78, 5) is 10.6. The average molecular weight is 231 g/mol. The van der Waals surface area contributed by atoms with Crippen LogP contribution in [0.25, 0.3) is 0 Å². The molecule has 0 unspecified atom stereocenters. The SMILES string of the molecule is Cc1cc(F)ccc1CCNC(=O)C(F)F. The summed E-state index contributed by atoms with van der Waals surface area (Å²) in [5, 5.41) is 2.09. The fourth-order valence-electron chi connectivity index (χ4n) is 1.34. The van der Waals surface area contributed by atoms with Gasteiger partial charge in [-0.2, -0.15) is 8.78 Å². The minimum atomic E-state index is -2.99. The average Bonchev–Trinajstić information content (AvgIpc) is 2.20. The molecule has 0 saturated carbocycles. The molecule has 0 radical (unpaired) electrons. The highest BCUT2D eigenvalue weighted by Crippen LogP contribution is 2.10. The summed E-state index contributed by atoms with van der Waals surface area (Å²) < 4.78 is 36.4. The van der Waals surface area contributed by atoms with Crippen molar-refractivity contribution in [3.63, 3.8) is 0 Å². The van der Waals surface area contributed by atoms with E-state index in [1.807, 2.05) is 0 Å². The molecule has 0 atom stereocenters. The van der Waals surface area contributed by atoms with Gasteiger partial charge < -0.3 is 5.32 Å². The third-order valence-corrected chi connectivity index (χ3v) is 2.20. The fraction of sp³-hybridized carbons (Fsp3) is 0.364. The van der Waals surface area contributed by atoms with E-state index >= 15 is 0 Å². The van der Waals surface area contributed by atoms with Gasteiger partial charge in [0.25, 0.3) is 5.91 Å². The maximum absolute atomic E-state index is 12.7. The van der Waals surface area contributed by atoms with Crippen molar-refractivity contribution in [3.05, 3.63) is 35.1 Å². The molecule has 1 amide bonds. The summed E-state index contributed by atoms with van der Waals surface area (Å²) >= 11 is 0. The van der Waals surface area contributed by atoms with Gasteiger partial charge >= 0.3 is 6.43 Å². The third-order valence-electron chi connectivity index (χ3n) is 2.20. The number of hydrogen-bond donors (Lipinski definition) is 1. The maximum atomic E-state index is 12.7. The summed E-state index contributed by atoms with van der Waals surface area (Å²) in [5.74, 6) is -1.61. The number of carbonyl (C=O) groups excluding carboxylic acids is 1. The molecule has 0 bridgehead atoms. The Morgan fingerprint density at radius 2 is 2.12 bits per heavy atom. The Morgan fingerprint density at radius 3 is 2.69 bits per heavy atom. The molecule has 0 aliphatic rings. The number of benzene rings is 1. The first kappa shape index (κ1) is 12.5. The van der Waals surface area contributed by atoms with Gasteiger partial charge in [-0.3, -0.25) is 4.79 Å². The van der Waals surface area contributed by atoms with Gasteiger partial charge in [0.2, 0.25) is 0 Å². The summed E-state index contributed by atoms with van der Waals surface area (Å²) in [6.07, 6.45) is -2.58. The summed E-state index contributed by atoms with van der Waals surface area (Å²) in [6, 6.07) is 4.25. The van der Waals surface area contributed by atoms with Crippen LogP contribution in [-0.4, -0.2) is 18.9 Å². The number of amides is 1. The molecule has 5 heteroatoms. The van der Waals surface area contributed by atoms with E-state index in [0.29, 0.717) is 6.42 Å². The largest absolute Gasteiger partial charge is 0.351 e. The van der Waals surface area contributed by atoms with Gasteiger partial charge in [-0.15, -0.1) is 0 Å². The van der Waals surface area contributed by atoms with Gasteiger partial charge in [-0.05, 0) is 36.6 Å². The van der Waals surface area contributed by atoms with Gasteiger partial charge in [0.05, 0.1) is 0 Å². The minimum Gasteiger partial charge on any atom is -0.351 e. The zero-order valence-electron chi connectivity index (χ0n) is 8.77. The molecule has 0 heterocycles. The second kappa shape index (κ2) is 5.53. The van der Waals surface area contributed by atoms with Crippen molar-refractivity contribution >= 4 is 5.91 Å². The Morgan fingerprint density at radius 1 is 1.44 bits per heavy atom. The lowest BCUT2D eigenvalue weighted by molar-refractivity contribution is -0.131. The summed E-state index contributed by atoms with van der Waals surface area (Å²) in [6.45, 7) is 1.85. The van der Waals surface area contributed by atoms with Crippen LogP contribution >= 0.6 is 0 Å². The van der Waals surface area contributed by atoms with E-state index in [1.165, 1.54) is 12.1 Å². The molecule has 1 rings (SSSR count). The number of nitrogens with one attached hydrogen (secondary N) is 1. The Labute approximate surface area is 91.5 Å². The van der Waals surface area contributed by atoms with Crippen molar-refractivity contribution < 1.29 is 18.0 Å². The second-order valence-electron chi connectivity index (χ2n) is 3.41. The zero-order chi connectivity index (χ0) is 12.1. The fourth-order valence-corrected chi connectivity index (χ4v) is 1.34. The molecule has 2 nitrogen and oxygen atoms in total. The molecule has 0 aromatic heterocycles. The van der Waals surface area contributed by atoms with Crippen molar-refractivity contribution in [3.8, 4) is 0 Å². The lowest BCUT2D eigenvalue weighted by Gasteiger charge is -2.07. The van der Waals surface area contributed by atoms with E-state index in [2.05, 4.69) is 5.32 Å². The van der Waals surface area contributed by atoms with E-state index in [9.17, 15) is 18.0 Å². The molecular formula is C11H12F3NO. The van der Waals surface area contributed by atoms with Gasteiger partial charge in [0.1, 0.15) is 5.82 Å². The van der Waals surface area contributed by atoms with E-state index in [0.717, 1.165) is 11.1 Å². The molecule has 1 N–H and O–H groups in total. The van der Waals surface area contributed by atoms with Gasteiger partial charge in [0.15, 0.2) is 0 Å². The van der Waals surface area contributed by atoms with E-state index < -0.39 is 12.3 Å². The number of alkyl halides is 2. The van der Waals surface area contributed by atoms with Crippen LogP contribution in [0.15, 0.2) is 18.2 Å². The molecule has 16 heavy (non-hydrogen) atoms. The number of halogens is 3. The number of hydrogen-bond acceptors (Lipinski definition) is 1. The second-order valence-corrected chi connectivity index (χ2v) is 3.41. The minimum absolute atomic E-state index is 0.121. The predicted molar refractivity (Wildman–Crippen MR) is 53.9 cm³/mol.